The van der Waals surface area contributed by atoms with Crippen molar-refractivity contribution in [2.45, 2.75) is 32.2 Å². The molecule has 0 saturated carbocycles. The summed E-state index contributed by atoms with van der Waals surface area (Å²) in [4.78, 5) is 18.4. The lowest BCUT2D eigenvalue weighted by atomic mass is 10.1. The van der Waals surface area contributed by atoms with E-state index in [0.29, 0.717) is 42.7 Å². The van der Waals surface area contributed by atoms with Crippen LogP contribution in [0.15, 0.2) is 33.5 Å². The molecule has 1 aliphatic heterocycles. The van der Waals surface area contributed by atoms with Gasteiger partial charge in [0.15, 0.2) is 17.3 Å². The van der Waals surface area contributed by atoms with E-state index in [9.17, 15) is 4.79 Å². The molecule has 9 heteroatoms. The maximum absolute atomic E-state index is 12.3. The lowest BCUT2D eigenvalue weighted by Gasteiger charge is -2.31. The second-order valence-electron chi connectivity index (χ2n) is 5.95. The van der Waals surface area contributed by atoms with Gasteiger partial charge in [0.05, 0.1) is 18.5 Å². The minimum atomic E-state index is -0.0688. The number of carbonyl (C=O) groups is 1. The van der Waals surface area contributed by atoms with E-state index in [1.54, 1.807) is 17.0 Å². The number of furan rings is 1. The molecule has 1 fully saturated rings. The summed E-state index contributed by atoms with van der Waals surface area (Å²) >= 11 is 0. The lowest BCUT2D eigenvalue weighted by Crippen LogP contribution is -2.39. The quantitative estimate of drug-likeness (QED) is 0.714. The van der Waals surface area contributed by atoms with Crippen LogP contribution < -0.4 is 0 Å². The second-order valence-corrected chi connectivity index (χ2v) is 5.95. The van der Waals surface area contributed by atoms with E-state index in [1.807, 2.05) is 17.8 Å². The van der Waals surface area contributed by atoms with Gasteiger partial charge in [0, 0.05) is 19.5 Å². The van der Waals surface area contributed by atoms with Crippen LogP contribution in [0.3, 0.4) is 0 Å². The standard InChI is InChI=1S/C16H18N6O3/c1-2-14-17-15(25-19-14)12-10-22(20-18-12)11-5-7-21(8-6-11)16(23)13-4-3-9-24-13/h3-4,9-11H,2,5-8H2,1H3. The van der Waals surface area contributed by atoms with Crippen LogP contribution in [0.1, 0.15) is 42.2 Å². The Labute approximate surface area is 143 Å². The fourth-order valence-electron chi connectivity index (χ4n) is 2.94. The molecule has 0 bridgehead atoms. The largest absolute Gasteiger partial charge is 0.459 e. The van der Waals surface area contributed by atoms with Crippen molar-refractivity contribution in [3.05, 3.63) is 36.2 Å². The Morgan fingerprint density at radius 3 is 2.88 bits per heavy atom. The predicted octanol–water partition coefficient (Wildman–Crippen LogP) is 1.96. The van der Waals surface area contributed by atoms with Gasteiger partial charge in [-0.05, 0) is 25.0 Å². The molecule has 0 aliphatic carbocycles. The second kappa shape index (κ2) is 6.50. The molecular formula is C16H18N6O3. The maximum atomic E-state index is 12.3. The van der Waals surface area contributed by atoms with Crippen LogP contribution in [0.5, 0.6) is 0 Å². The van der Waals surface area contributed by atoms with Crippen LogP contribution in [-0.4, -0.2) is 49.0 Å². The molecule has 1 amide bonds. The summed E-state index contributed by atoms with van der Waals surface area (Å²) in [6.45, 7) is 3.27. The van der Waals surface area contributed by atoms with E-state index in [0.717, 1.165) is 12.8 Å². The van der Waals surface area contributed by atoms with Crippen molar-refractivity contribution in [1.82, 2.24) is 30.0 Å². The Morgan fingerprint density at radius 2 is 2.20 bits per heavy atom. The summed E-state index contributed by atoms with van der Waals surface area (Å²) in [5.74, 6) is 1.34. The molecule has 0 spiro atoms. The molecule has 4 rings (SSSR count). The minimum absolute atomic E-state index is 0.0688. The van der Waals surface area contributed by atoms with Crippen molar-refractivity contribution in [2.24, 2.45) is 0 Å². The van der Waals surface area contributed by atoms with E-state index < -0.39 is 0 Å². The molecule has 1 aliphatic rings. The number of aryl methyl sites for hydroxylation is 1. The number of hydrogen-bond donors (Lipinski definition) is 0. The zero-order valence-corrected chi connectivity index (χ0v) is 13.8. The normalized spacial score (nSPS) is 15.6. The molecule has 0 unspecified atom stereocenters. The fraction of sp³-hybridized carbons (Fsp3) is 0.438. The van der Waals surface area contributed by atoms with Crippen LogP contribution >= 0.6 is 0 Å². The number of piperidine rings is 1. The average molecular weight is 342 g/mol. The number of carbonyl (C=O) groups excluding carboxylic acids is 1. The number of amides is 1. The Balaban J connectivity index is 1.40. The molecule has 1 saturated heterocycles. The van der Waals surface area contributed by atoms with Gasteiger partial charge >= 0.3 is 0 Å². The van der Waals surface area contributed by atoms with E-state index in [1.165, 1.54) is 6.26 Å². The molecule has 3 aromatic rings. The highest BCUT2D eigenvalue weighted by Gasteiger charge is 2.27. The van der Waals surface area contributed by atoms with Crippen molar-refractivity contribution >= 4 is 5.91 Å². The third-order valence-electron chi connectivity index (χ3n) is 4.37. The first-order chi connectivity index (χ1) is 12.2. The molecule has 0 atom stereocenters. The summed E-state index contributed by atoms with van der Waals surface area (Å²) in [5.41, 5.74) is 0.571. The van der Waals surface area contributed by atoms with Gasteiger partial charge in [-0.25, -0.2) is 4.68 Å². The third kappa shape index (κ3) is 3.04. The first-order valence-corrected chi connectivity index (χ1v) is 8.32. The number of likely N-dealkylation sites (tertiary alicyclic amines) is 1. The first kappa shape index (κ1) is 15.6. The van der Waals surface area contributed by atoms with Gasteiger partial charge < -0.3 is 13.8 Å². The average Bonchev–Trinajstić information content (AvgIpc) is 3.42. The minimum Gasteiger partial charge on any atom is -0.459 e. The predicted molar refractivity (Wildman–Crippen MR) is 85.6 cm³/mol. The van der Waals surface area contributed by atoms with Gasteiger partial charge in [0.25, 0.3) is 11.8 Å². The highest BCUT2D eigenvalue weighted by Crippen LogP contribution is 2.24. The van der Waals surface area contributed by atoms with Crippen LogP contribution in [0, 0.1) is 0 Å². The van der Waals surface area contributed by atoms with Crippen LogP contribution in [-0.2, 0) is 6.42 Å². The Kier molecular flexibility index (Phi) is 4.04. The molecule has 9 nitrogen and oxygen atoms in total. The van der Waals surface area contributed by atoms with Gasteiger partial charge in [0.1, 0.15) is 0 Å². The topological polar surface area (TPSA) is 103 Å². The van der Waals surface area contributed by atoms with Gasteiger partial charge in [0.2, 0.25) is 0 Å². The van der Waals surface area contributed by atoms with Crippen LogP contribution in [0.25, 0.3) is 11.6 Å². The van der Waals surface area contributed by atoms with E-state index in [4.69, 9.17) is 8.94 Å². The molecule has 0 aromatic carbocycles. The number of aromatic nitrogens is 5. The number of nitrogens with zero attached hydrogens (tertiary/aromatic N) is 6. The molecular weight excluding hydrogens is 324 g/mol. The summed E-state index contributed by atoms with van der Waals surface area (Å²) in [6.07, 6.45) is 5.65. The smallest absolute Gasteiger partial charge is 0.289 e. The van der Waals surface area contributed by atoms with Crippen LogP contribution in [0.2, 0.25) is 0 Å². The molecule has 0 N–H and O–H groups in total. The number of rotatable bonds is 4. The molecule has 0 radical (unpaired) electrons. The Bertz CT molecular complexity index is 845. The van der Waals surface area contributed by atoms with Crippen molar-refractivity contribution < 1.29 is 13.7 Å². The Hall–Kier alpha value is -2.97. The highest BCUT2D eigenvalue weighted by molar-refractivity contribution is 5.91. The molecule has 4 heterocycles. The van der Waals surface area contributed by atoms with Crippen LogP contribution in [0.4, 0.5) is 0 Å². The Morgan fingerprint density at radius 1 is 1.36 bits per heavy atom. The van der Waals surface area contributed by atoms with Gasteiger partial charge in [-0.2, -0.15) is 4.98 Å². The maximum Gasteiger partial charge on any atom is 0.289 e. The van der Waals surface area contributed by atoms with Crippen molar-refractivity contribution in [1.29, 1.82) is 0 Å². The third-order valence-corrected chi connectivity index (χ3v) is 4.37. The lowest BCUT2D eigenvalue weighted by molar-refractivity contribution is 0.0657. The fourth-order valence-corrected chi connectivity index (χ4v) is 2.94. The van der Waals surface area contributed by atoms with E-state index in [2.05, 4.69) is 20.5 Å². The van der Waals surface area contributed by atoms with E-state index in [-0.39, 0.29) is 11.9 Å². The first-order valence-electron chi connectivity index (χ1n) is 8.32. The summed E-state index contributed by atoms with van der Waals surface area (Å²) < 4.78 is 12.2. The van der Waals surface area contributed by atoms with Crippen molar-refractivity contribution in [3.63, 3.8) is 0 Å². The molecule has 3 aromatic heterocycles. The van der Waals surface area contributed by atoms with Gasteiger partial charge in [-0.3, -0.25) is 4.79 Å². The number of hydrogen-bond acceptors (Lipinski definition) is 7. The van der Waals surface area contributed by atoms with Gasteiger partial charge in [-0.1, -0.05) is 17.3 Å². The van der Waals surface area contributed by atoms with Crippen molar-refractivity contribution in [3.8, 4) is 11.6 Å². The van der Waals surface area contributed by atoms with E-state index >= 15 is 0 Å². The zero-order valence-electron chi connectivity index (χ0n) is 13.8. The zero-order chi connectivity index (χ0) is 17.2. The van der Waals surface area contributed by atoms with Crippen molar-refractivity contribution in [2.75, 3.05) is 13.1 Å². The monoisotopic (exact) mass is 342 g/mol. The van der Waals surface area contributed by atoms with Gasteiger partial charge in [-0.15, -0.1) is 5.10 Å². The summed E-state index contributed by atoms with van der Waals surface area (Å²) in [5, 5.41) is 12.2. The summed E-state index contributed by atoms with van der Waals surface area (Å²) in [7, 11) is 0. The molecule has 130 valence electrons. The summed E-state index contributed by atoms with van der Waals surface area (Å²) in [6, 6.07) is 3.60. The highest BCUT2D eigenvalue weighted by atomic mass is 16.5. The SMILES string of the molecule is CCc1noc(-c2cn(C3CCN(C(=O)c4ccco4)CC3)nn2)n1. The molecule has 25 heavy (non-hydrogen) atoms.